The van der Waals surface area contributed by atoms with Crippen LogP contribution in [0, 0.1) is 5.95 Å². The fourth-order valence-electron chi connectivity index (χ4n) is 4.56. The van der Waals surface area contributed by atoms with Crippen LogP contribution in [-0.2, 0) is 0 Å². The van der Waals surface area contributed by atoms with Gasteiger partial charge in [-0.25, -0.2) is 4.98 Å². The molecule has 1 aromatic carbocycles. The number of aromatic amines is 1. The zero-order valence-electron chi connectivity index (χ0n) is 17.6. The van der Waals surface area contributed by atoms with E-state index in [4.69, 9.17) is 0 Å². The predicted molar refractivity (Wildman–Crippen MR) is 115 cm³/mol. The second-order valence-corrected chi connectivity index (χ2v) is 9.26. The van der Waals surface area contributed by atoms with Crippen molar-refractivity contribution in [3.8, 4) is 28.1 Å². The fourth-order valence-corrected chi connectivity index (χ4v) is 4.56. The third kappa shape index (κ3) is 4.28. The Labute approximate surface area is 175 Å². The highest BCUT2D eigenvalue weighted by Gasteiger charge is 2.37. The van der Waals surface area contributed by atoms with E-state index in [1.807, 2.05) is 0 Å². The molecule has 1 fully saturated rings. The maximum Gasteiger partial charge on any atom is 0.216 e. The highest BCUT2D eigenvalue weighted by Crippen LogP contribution is 2.33. The summed E-state index contributed by atoms with van der Waals surface area (Å²) >= 11 is 0. The number of hydrogen-bond donors (Lipinski definition) is 4. The number of rotatable bonds is 4. The minimum Gasteiger partial charge on any atom is -0.507 e. The molecule has 0 bridgehead atoms. The second kappa shape index (κ2) is 7.36. The molecule has 4 rings (SSSR count). The Hall–Kier alpha value is -3.00. The standard InChI is InChI=1S/C22H27FN6O/c1-21(2)8-14(9-22(3,4)29-21)27-19-12-24-17(11-25-19)15-6-5-13(7-18(15)30)16-10-26-28-20(16)23/h5-7,10-12,14,29-30H,8-9H2,1-4H3,(H,25,27)(H,26,28). The summed E-state index contributed by atoms with van der Waals surface area (Å²) in [4.78, 5) is 8.96. The number of aromatic nitrogens is 4. The molecule has 0 aliphatic carbocycles. The van der Waals surface area contributed by atoms with Crippen molar-refractivity contribution in [2.45, 2.75) is 57.7 Å². The molecule has 0 unspecified atom stereocenters. The van der Waals surface area contributed by atoms with Gasteiger partial charge in [-0.1, -0.05) is 6.07 Å². The lowest BCUT2D eigenvalue weighted by Crippen LogP contribution is -2.60. The van der Waals surface area contributed by atoms with Gasteiger partial charge in [-0.3, -0.25) is 10.1 Å². The van der Waals surface area contributed by atoms with Crippen molar-refractivity contribution in [1.82, 2.24) is 25.5 Å². The van der Waals surface area contributed by atoms with Crippen LogP contribution in [0.2, 0.25) is 0 Å². The zero-order valence-corrected chi connectivity index (χ0v) is 17.6. The van der Waals surface area contributed by atoms with Crippen molar-refractivity contribution in [3.05, 3.63) is 42.7 Å². The molecule has 1 saturated heterocycles. The van der Waals surface area contributed by atoms with Gasteiger partial charge in [-0.2, -0.15) is 9.49 Å². The van der Waals surface area contributed by atoms with Gasteiger partial charge < -0.3 is 15.7 Å². The summed E-state index contributed by atoms with van der Waals surface area (Å²) < 4.78 is 13.7. The van der Waals surface area contributed by atoms with Crippen molar-refractivity contribution < 1.29 is 9.50 Å². The Morgan fingerprint density at radius 2 is 1.77 bits per heavy atom. The van der Waals surface area contributed by atoms with Crippen LogP contribution in [0.5, 0.6) is 5.75 Å². The smallest absolute Gasteiger partial charge is 0.216 e. The fraction of sp³-hybridized carbons (Fsp3) is 0.409. The van der Waals surface area contributed by atoms with E-state index < -0.39 is 5.95 Å². The second-order valence-electron chi connectivity index (χ2n) is 9.26. The monoisotopic (exact) mass is 410 g/mol. The number of phenols is 1. The van der Waals surface area contributed by atoms with E-state index in [1.165, 1.54) is 12.3 Å². The molecule has 0 amide bonds. The predicted octanol–water partition coefficient (Wildman–Crippen LogP) is 4.10. The van der Waals surface area contributed by atoms with Gasteiger partial charge in [0.1, 0.15) is 11.6 Å². The largest absolute Gasteiger partial charge is 0.507 e. The molecule has 1 aliphatic heterocycles. The lowest BCUT2D eigenvalue weighted by Gasteiger charge is -2.46. The molecular formula is C22H27FN6O. The van der Waals surface area contributed by atoms with E-state index in [9.17, 15) is 9.50 Å². The van der Waals surface area contributed by atoms with Crippen molar-refractivity contribution in [3.63, 3.8) is 0 Å². The number of hydrogen-bond acceptors (Lipinski definition) is 6. The van der Waals surface area contributed by atoms with Gasteiger partial charge in [-0.15, -0.1) is 0 Å². The van der Waals surface area contributed by atoms with Gasteiger partial charge in [0.15, 0.2) is 0 Å². The van der Waals surface area contributed by atoms with Gasteiger partial charge >= 0.3 is 0 Å². The minimum absolute atomic E-state index is 0.00460. The maximum atomic E-state index is 13.7. The number of anilines is 1. The van der Waals surface area contributed by atoms with Crippen LogP contribution in [0.3, 0.4) is 0 Å². The summed E-state index contributed by atoms with van der Waals surface area (Å²) in [6.45, 7) is 8.83. The summed E-state index contributed by atoms with van der Waals surface area (Å²) in [5, 5.41) is 23.5. The molecule has 158 valence electrons. The Bertz CT molecular complexity index is 1030. The topological polar surface area (TPSA) is 98.8 Å². The quantitative estimate of drug-likeness (QED) is 0.517. The normalized spacial score (nSPS) is 18.3. The summed E-state index contributed by atoms with van der Waals surface area (Å²) in [5.74, 6) is 0.167. The van der Waals surface area contributed by atoms with Crippen LogP contribution < -0.4 is 10.6 Å². The van der Waals surface area contributed by atoms with Crippen molar-refractivity contribution in [1.29, 1.82) is 0 Å². The van der Waals surface area contributed by atoms with Crippen LogP contribution in [0.4, 0.5) is 10.2 Å². The van der Waals surface area contributed by atoms with E-state index in [0.717, 1.165) is 12.8 Å². The lowest BCUT2D eigenvalue weighted by atomic mass is 9.79. The number of H-pyrrole nitrogens is 1. The first-order valence-electron chi connectivity index (χ1n) is 10.0. The number of nitrogens with zero attached hydrogens (tertiary/aromatic N) is 3. The van der Waals surface area contributed by atoms with Gasteiger partial charge in [0, 0.05) is 22.7 Å². The molecule has 0 saturated carbocycles. The number of phenolic OH excluding ortho intramolecular Hbond substituents is 1. The van der Waals surface area contributed by atoms with E-state index in [-0.39, 0.29) is 22.9 Å². The first kappa shape index (κ1) is 20.3. The molecule has 0 spiro atoms. The molecule has 30 heavy (non-hydrogen) atoms. The van der Waals surface area contributed by atoms with Crippen LogP contribution >= 0.6 is 0 Å². The van der Waals surface area contributed by atoms with Crippen molar-refractivity contribution in [2.24, 2.45) is 0 Å². The summed E-state index contributed by atoms with van der Waals surface area (Å²) in [5.41, 5.74) is 1.98. The van der Waals surface area contributed by atoms with Crippen LogP contribution in [0.1, 0.15) is 40.5 Å². The Balaban J connectivity index is 1.51. The van der Waals surface area contributed by atoms with Crippen LogP contribution in [-0.4, -0.2) is 42.4 Å². The van der Waals surface area contributed by atoms with Gasteiger partial charge in [-0.05, 0) is 58.2 Å². The Morgan fingerprint density at radius 3 is 2.33 bits per heavy atom. The SMILES string of the molecule is CC1(C)CC(Nc2cnc(-c3ccc(-c4cn[nH]c4F)cc3O)cn2)CC(C)(C)N1. The summed E-state index contributed by atoms with van der Waals surface area (Å²) in [6.07, 6.45) is 6.65. The number of halogens is 1. The average Bonchev–Trinajstić information content (AvgIpc) is 3.06. The number of aromatic hydroxyl groups is 1. The first-order valence-corrected chi connectivity index (χ1v) is 10.0. The molecule has 0 atom stereocenters. The molecule has 3 heterocycles. The molecule has 8 heteroatoms. The Morgan fingerprint density at radius 1 is 1.03 bits per heavy atom. The number of benzene rings is 1. The molecule has 4 N–H and O–H groups in total. The average molecular weight is 410 g/mol. The molecule has 2 aromatic heterocycles. The van der Waals surface area contributed by atoms with Gasteiger partial charge in [0.25, 0.3) is 0 Å². The third-order valence-electron chi connectivity index (χ3n) is 5.37. The van der Waals surface area contributed by atoms with Crippen molar-refractivity contribution >= 4 is 5.82 Å². The maximum absolute atomic E-state index is 13.7. The van der Waals surface area contributed by atoms with Gasteiger partial charge in [0.2, 0.25) is 5.95 Å². The Kier molecular flexibility index (Phi) is 4.97. The molecule has 1 aliphatic rings. The molecule has 0 radical (unpaired) electrons. The molecule has 3 aromatic rings. The lowest BCUT2D eigenvalue weighted by molar-refractivity contribution is 0.170. The summed E-state index contributed by atoms with van der Waals surface area (Å²) in [7, 11) is 0. The van der Waals surface area contributed by atoms with Gasteiger partial charge in [0.05, 0.1) is 29.8 Å². The van der Waals surface area contributed by atoms with E-state index >= 15 is 0 Å². The van der Waals surface area contributed by atoms with E-state index in [1.54, 1.807) is 24.5 Å². The first-order chi connectivity index (χ1) is 14.1. The van der Waals surface area contributed by atoms with Crippen molar-refractivity contribution in [2.75, 3.05) is 5.32 Å². The van der Waals surface area contributed by atoms with E-state index in [0.29, 0.717) is 28.2 Å². The number of piperidine rings is 1. The van der Waals surface area contributed by atoms with E-state index in [2.05, 4.69) is 58.5 Å². The third-order valence-corrected chi connectivity index (χ3v) is 5.37. The number of nitrogens with one attached hydrogen (secondary N) is 3. The van der Waals surface area contributed by atoms with Crippen LogP contribution in [0.25, 0.3) is 22.4 Å². The highest BCUT2D eigenvalue weighted by molar-refractivity contribution is 5.73. The minimum atomic E-state index is -0.540. The van der Waals surface area contributed by atoms with Crippen LogP contribution in [0.15, 0.2) is 36.8 Å². The zero-order chi connectivity index (χ0) is 21.5. The molecular weight excluding hydrogens is 383 g/mol. The summed E-state index contributed by atoms with van der Waals surface area (Å²) in [6, 6.07) is 5.20. The molecule has 7 nitrogen and oxygen atoms in total. The highest BCUT2D eigenvalue weighted by atomic mass is 19.1.